The topological polar surface area (TPSA) is 95.5 Å². The highest BCUT2D eigenvalue weighted by Crippen LogP contribution is 2.35. The monoisotopic (exact) mass is 310 g/mol. The van der Waals surface area contributed by atoms with Gasteiger partial charge in [0.1, 0.15) is 5.69 Å². The van der Waals surface area contributed by atoms with Crippen LogP contribution in [0.15, 0.2) is 16.5 Å². The highest BCUT2D eigenvalue weighted by Gasteiger charge is 2.30. The minimum Gasteiger partial charge on any atom is -0.463 e. The normalized spacial score (nSPS) is 11.4. The fraction of sp³-hybridized carbons (Fsp3) is 0.385. The van der Waals surface area contributed by atoms with Gasteiger partial charge in [-0.1, -0.05) is 32.1 Å². The molecule has 0 aliphatic heterocycles. The third-order valence-electron chi connectivity index (χ3n) is 2.69. The number of thiophene rings is 1. The van der Waals surface area contributed by atoms with Crippen LogP contribution in [-0.4, -0.2) is 23.0 Å². The highest BCUT2D eigenvalue weighted by atomic mass is 32.1. The quantitative estimate of drug-likeness (QED) is 0.490. The summed E-state index contributed by atoms with van der Waals surface area (Å²) in [5, 5.41) is 10.7. The maximum Gasteiger partial charge on any atom is 0.376 e. The smallest absolute Gasteiger partial charge is 0.376 e. The van der Waals surface area contributed by atoms with Gasteiger partial charge in [-0.25, -0.2) is 9.78 Å². The molecule has 2 heterocycles. The molecule has 0 saturated carbocycles. The van der Waals surface area contributed by atoms with Gasteiger partial charge in [-0.05, 0) is 6.07 Å². The van der Waals surface area contributed by atoms with E-state index in [1.807, 2.05) is 20.8 Å². The fourth-order valence-electron chi connectivity index (χ4n) is 1.71. The highest BCUT2D eigenvalue weighted by molar-refractivity contribution is 7.18. The molecule has 0 aromatic carbocycles. The van der Waals surface area contributed by atoms with Crippen LogP contribution < -0.4 is 0 Å². The summed E-state index contributed by atoms with van der Waals surface area (Å²) in [6.07, 6.45) is 0. The van der Waals surface area contributed by atoms with E-state index in [1.54, 1.807) is 6.07 Å². The van der Waals surface area contributed by atoms with E-state index in [0.717, 1.165) is 11.3 Å². The number of nitro groups is 1. The largest absolute Gasteiger partial charge is 0.463 e. The average molecular weight is 310 g/mol. The number of nitrogens with zero attached hydrogens (tertiary/aromatic N) is 2. The number of rotatable bonds is 3. The Balaban J connectivity index is 2.52. The minimum atomic E-state index is -0.621. The summed E-state index contributed by atoms with van der Waals surface area (Å²) in [4.78, 5) is 26.8. The standard InChI is InChI=1S/C13H14N2O5S/c1-13(2,3)10-9(12(16)19-4)20-11(14-10)7-5-6-8(21-7)15(17)18/h5-6H,1-4H3. The van der Waals surface area contributed by atoms with Crippen molar-refractivity contribution < 1.29 is 18.9 Å². The van der Waals surface area contributed by atoms with E-state index in [-0.39, 0.29) is 16.7 Å². The number of hydrogen-bond acceptors (Lipinski definition) is 7. The number of aromatic nitrogens is 1. The van der Waals surface area contributed by atoms with Crippen molar-refractivity contribution in [1.29, 1.82) is 0 Å². The van der Waals surface area contributed by atoms with Crippen molar-refractivity contribution in [1.82, 2.24) is 4.98 Å². The zero-order valence-corrected chi connectivity index (χ0v) is 12.8. The van der Waals surface area contributed by atoms with Crippen LogP contribution in [0.4, 0.5) is 5.00 Å². The van der Waals surface area contributed by atoms with Crippen molar-refractivity contribution in [3.63, 3.8) is 0 Å². The van der Waals surface area contributed by atoms with Crippen LogP contribution >= 0.6 is 11.3 Å². The summed E-state index contributed by atoms with van der Waals surface area (Å²) in [5.41, 5.74) is 0.0366. The predicted octanol–water partition coefficient (Wildman–Crippen LogP) is 3.40. The lowest BCUT2D eigenvalue weighted by Crippen LogP contribution is -2.17. The van der Waals surface area contributed by atoms with Crippen LogP contribution in [0.5, 0.6) is 0 Å². The van der Waals surface area contributed by atoms with Gasteiger partial charge in [0.05, 0.1) is 16.9 Å². The molecule has 0 aliphatic rings. The molecule has 0 radical (unpaired) electrons. The molecule has 0 fully saturated rings. The molecule has 0 atom stereocenters. The molecular formula is C13H14N2O5S. The van der Waals surface area contributed by atoms with Gasteiger partial charge < -0.3 is 9.15 Å². The Bertz CT molecular complexity index is 696. The van der Waals surface area contributed by atoms with Crippen LogP contribution in [0.3, 0.4) is 0 Å². The first-order valence-electron chi connectivity index (χ1n) is 6.08. The zero-order valence-electron chi connectivity index (χ0n) is 12.0. The number of oxazole rings is 1. The molecular weight excluding hydrogens is 296 g/mol. The minimum absolute atomic E-state index is 0.0138. The van der Waals surface area contributed by atoms with Crippen LogP contribution in [0, 0.1) is 10.1 Å². The van der Waals surface area contributed by atoms with Gasteiger partial charge in [0, 0.05) is 11.5 Å². The number of ether oxygens (including phenoxy) is 1. The second-order valence-corrected chi connectivity index (χ2v) is 6.40. The molecule has 0 aliphatic carbocycles. The molecule has 21 heavy (non-hydrogen) atoms. The van der Waals surface area contributed by atoms with Crippen LogP contribution in [0.25, 0.3) is 10.8 Å². The van der Waals surface area contributed by atoms with Gasteiger partial charge in [-0.15, -0.1) is 0 Å². The van der Waals surface area contributed by atoms with Crippen molar-refractivity contribution in [3.05, 3.63) is 33.7 Å². The van der Waals surface area contributed by atoms with Crippen molar-refractivity contribution in [2.45, 2.75) is 26.2 Å². The van der Waals surface area contributed by atoms with Gasteiger partial charge >= 0.3 is 11.0 Å². The summed E-state index contributed by atoms with van der Waals surface area (Å²) in [6.45, 7) is 5.66. The molecule has 0 amide bonds. The predicted molar refractivity (Wildman–Crippen MR) is 76.5 cm³/mol. The number of carbonyl (C=O) groups is 1. The second-order valence-electron chi connectivity index (χ2n) is 5.33. The first-order valence-corrected chi connectivity index (χ1v) is 6.90. The van der Waals surface area contributed by atoms with Gasteiger partial charge in [0.25, 0.3) is 0 Å². The van der Waals surface area contributed by atoms with Crippen LogP contribution in [0.1, 0.15) is 37.0 Å². The molecule has 0 N–H and O–H groups in total. The van der Waals surface area contributed by atoms with Crippen LogP contribution in [-0.2, 0) is 10.2 Å². The molecule has 8 heteroatoms. The second kappa shape index (κ2) is 5.28. The molecule has 112 valence electrons. The molecule has 2 aromatic heterocycles. The van der Waals surface area contributed by atoms with Crippen molar-refractivity contribution in [2.24, 2.45) is 0 Å². The van der Waals surface area contributed by atoms with Gasteiger partial charge in [0.2, 0.25) is 11.7 Å². The maximum atomic E-state index is 11.8. The lowest BCUT2D eigenvalue weighted by atomic mass is 9.91. The van der Waals surface area contributed by atoms with Gasteiger partial charge in [0.15, 0.2) is 0 Å². The Morgan fingerprint density at radius 1 is 1.43 bits per heavy atom. The van der Waals surface area contributed by atoms with E-state index in [2.05, 4.69) is 9.72 Å². The molecule has 2 rings (SSSR count). The summed E-state index contributed by atoms with van der Waals surface area (Å²) in [5.74, 6) is -0.417. The Labute approximate surface area is 124 Å². The van der Waals surface area contributed by atoms with E-state index < -0.39 is 16.3 Å². The summed E-state index contributed by atoms with van der Waals surface area (Å²) in [6, 6.07) is 2.92. The van der Waals surface area contributed by atoms with E-state index in [9.17, 15) is 14.9 Å². The number of hydrogen-bond donors (Lipinski definition) is 0. The molecule has 0 saturated heterocycles. The SMILES string of the molecule is COC(=O)c1oc(-c2ccc([N+](=O)[O-])s2)nc1C(C)(C)C. The third kappa shape index (κ3) is 2.94. The van der Waals surface area contributed by atoms with Gasteiger partial charge in [-0.3, -0.25) is 10.1 Å². The molecule has 0 spiro atoms. The summed E-state index contributed by atoms with van der Waals surface area (Å²) in [7, 11) is 1.26. The number of esters is 1. The number of methoxy groups -OCH3 is 1. The Kier molecular flexibility index (Phi) is 3.82. The lowest BCUT2D eigenvalue weighted by Gasteiger charge is -2.15. The Hall–Kier alpha value is -2.22. The number of carbonyl (C=O) groups excluding carboxylic acids is 1. The van der Waals surface area contributed by atoms with E-state index in [0.29, 0.717) is 10.6 Å². The third-order valence-corrected chi connectivity index (χ3v) is 3.72. The molecule has 7 nitrogen and oxygen atoms in total. The Morgan fingerprint density at radius 3 is 2.57 bits per heavy atom. The fourth-order valence-corrected chi connectivity index (χ4v) is 2.45. The first-order chi connectivity index (χ1) is 9.74. The lowest BCUT2D eigenvalue weighted by molar-refractivity contribution is -0.380. The summed E-state index contributed by atoms with van der Waals surface area (Å²) < 4.78 is 10.2. The van der Waals surface area contributed by atoms with Crippen molar-refractivity contribution in [2.75, 3.05) is 7.11 Å². The van der Waals surface area contributed by atoms with E-state index in [1.165, 1.54) is 13.2 Å². The van der Waals surface area contributed by atoms with Gasteiger partial charge in [-0.2, -0.15) is 0 Å². The van der Waals surface area contributed by atoms with Crippen molar-refractivity contribution >= 4 is 22.3 Å². The summed E-state index contributed by atoms with van der Waals surface area (Å²) >= 11 is 0.939. The van der Waals surface area contributed by atoms with Crippen molar-refractivity contribution in [3.8, 4) is 10.8 Å². The first kappa shape index (κ1) is 15.2. The molecule has 2 aromatic rings. The zero-order chi connectivity index (χ0) is 15.8. The maximum absolute atomic E-state index is 11.8. The molecule has 0 unspecified atom stereocenters. The molecule has 0 bridgehead atoms. The van der Waals surface area contributed by atoms with E-state index >= 15 is 0 Å². The van der Waals surface area contributed by atoms with Crippen LogP contribution in [0.2, 0.25) is 0 Å². The average Bonchev–Trinajstić information content (AvgIpc) is 3.03. The van der Waals surface area contributed by atoms with E-state index in [4.69, 9.17) is 4.42 Å². The Morgan fingerprint density at radius 2 is 2.10 bits per heavy atom.